The maximum Gasteiger partial charge on any atom is 0.0467 e. The molecule has 2 nitrogen and oxygen atoms in total. The first kappa shape index (κ1) is 14.5. The molecule has 1 unspecified atom stereocenters. The quantitative estimate of drug-likeness (QED) is 0.843. The van der Waals surface area contributed by atoms with E-state index in [4.69, 9.17) is 17.3 Å². The summed E-state index contributed by atoms with van der Waals surface area (Å²) in [6.07, 6.45) is 2.41. The number of nitrogens with zero attached hydrogens (tertiary/aromatic N) is 1. The Hall–Kier alpha value is -0.570. The lowest BCUT2D eigenvalue weighted by atomic mass is 10.0. The number of likely N-dealkylation sites (N-methyl/N-ethyl adjacent to an activating group) is 1. The first-order valence-corrected chi connectivity index (χ1v) is 6.64. The maximum absolute atomic E-state index is 6.16. The number of aryl methyl sites for hydroxylation is 1. The van der Waals surface area contributed by atoms with Crippen molar-refractivity contribution in [2.24, 2.45) is 5.73 Å². The molecule has 1 aromatic rings. The summed E-state index contributed by atoms with van der Waals surface area (Å²) in [5, 5.41) is 0.824. The zero-order valence-corrected chi connectivity index (χ0v) is 11.8. The smallest absolute Gasteiger partial charge is 0.0467 e. The average molecular weight is 255 g/mol. The monoisotopic (exact) mass is 254 g/mol. The summed E-state index contributed by atoms with van der Waals surface area (Å²) in [4.78, 5) is 2.31. The molecule has 0 radical (unpaired) electrons. The van der Waals surface area contributed by atoms with Crippen LogP contribution in [-0.4, -0.2) is 25.0 Å². The molecule has 0 aliphatic heterocycles. The van der Waals surface area contributed by atoms with E-state index in [0.717, 1.165) is 17.1 Å². The Kier molecular flexibility index (Phi) is 5.96. The van der Waals surface area contributed by atoms with Crippen molar-refractivity contribution in [1.82, 2.24) is 4.90 Å². The van der Waals surface area contributed by atoms with Crippen molar-refractivity contribution in [3.8, 4) is 0 Å². The molecule has 0 spiro atoms. The second-order valence-corrected chi connectivity index (χ2v) is 5.00. The van der Waals surface area contributed by atoms with E-state index in [0.29, 0.717) is 6.54 Å². The lowest BCUT2D eigenvalue weighted by molar-refractivity contribution is 0.246. The molecule has 0 aliphatic rings. The normalized spacial score (nSPS) is 13.1. The lowest BCUT2D eigenvalue weighted by Crippen LogP contribution is -2.31. The fraction of sp³-hybridized carbons (Fsp3) is 0.571. The van der Waals surface area contributed by atoms with Crippen LogP contribution >= 0.6 is 11.6 Å². The third-order valence-corrected chi connectivity index (χ3v) is 3.61. The van der Waals surface area contributed by atoms with Crippen LogP contribution in [-0.2, 0) is 0 Å². The van der Waals surface area contributed by atoms with Gasteiger partial charge in [-0.15, -0.1) is 0 Å². The molecule has 0 aliphatic carbocycles. The highest BCUT2D eigenvalue weighted by Crippen LogP contribution is 2.24. The Balaban J connectivity index is 2.81. The predicted molar refractivity (Wildman–Crippen MR) is 75.5 cm³/mol. The van der Waals surface area contributed by atoms with Gasteiger partial charge in [0.15, 0.2) is 0 Å². The molecule has 96 valence electrons. The van der Waals surface area contributed by atoms with Crippen LogP contribution in [0.2, 0.25) is 5.02 Å². The Bertz CT molecular complexity index is 352. The molecular formula is C14H23ClN2. The standard InChI is InChI=1S/C14H23ClN2/c1-4-5-8-17(3)14(10-16)12-7-6-11(2)13(15)9-12/h6-7,9,14H,4-5,8,10,16H2,1-3H3. The Morgan fingerprint density at radius 1 is 1.41 bits per heavy atom. The van der Waals surface area contributed by atoms with Gasteiger partial charge in [0.1, 0.15) is 0 Å². The summed E-state index contributed by atoms with van der Waals surface area (Å²) in [6.45, 7) is 5.92. The van der Waals surface area contributed by atoms with Crippen LogP contribution < -0.4 is 5.73 Å². The number of rotatable bonds is 6. The minimum atomic E-state index is 0.264. The van der Waals surface area contributed by atoms with Gasteiger partial charge in [-0.3, -0.25) is 4.90 Å². The maximum atomic E-state index is 6.16. The molecule has 1 atom stereocenters. The van der Waals surface area contributed by atoms with Crippen LogP contribution in [0.4, 0.5) is 0 Å². The molecule has 1 rings (SSSR count). The summed E-state index contributed by atoms with van der Waals surface area (Å²) in [7, 11) is 2.13. The molecule has 0 heterocycles. The molecule has 0 fully saturated rings. The second-order valence-electron chi connectivity index (χ2n) is 4.59. The highest BCUT2D eigenvalue weighted by Gasteiger charge is 2.15. The van der Waals surface area contributed by atoms with Gasteiger partial charge in [0, 0.05) is 17.6 Å². The SMILES string of the molecule is CCCCN(C)C(CN)c1ccc(C)c(Cl)c1. The zero-order valence-electron chi connectivity index (χ0n) is 11.0. The largest absolute Gasteiger partial charge is 0.329 e. The molecule has 0 amide bonds. The molecule has 0 saturated heterocycles. The number of halogens is 1. The number of hydrogen-bond acceptors (Lipinski definition) is 2. The molecule has 17 heavy (non-hydrogen) atoms. The van der Waals surface area contributed by atoms with Crippen molar-refractivity contribution >= 4 is 11.6 Å². The van der Waals surface area contributed by atoms with Crippen molar-refractivity contribution in [2.45, 2.75) is 32.7 Å². The van der Waals surface area contributed by atoms with Gasteiger partial charge in [0.2, 0.25) is 0 Å². The van der Waals surface area contributed by atoms with Crippen molar-refractivity contribution in [3.63, 3.8) is 0 Å². The van der Waals surface area contributed by atoms with E-state index in [1.54, 1.807) is 0 Å². The Labute approximate surface area is 110 Å². The van der Waals surface area contributed by atoms with Crippen LogP contribution in [0.25, 0.3) is 0 Å². The van der Waals surface area contributed by atoms with Gasteiger partial charge in [-0.1, -0.05) is 37.1 Å². The zero-order chi connectivity index (χ0) is 12.8. The number of hydrogen-bond donors (Lipinski definition) is 1. The average Bonchev–Trinajstić information content (AvgIpc) is 2.32. The summed E-state index contributed by atoms with van der Waals surface area (Å²) < 4.78 is 0. The van der Waals surface area contributed by atoms with Crippen LogP contribution in [0.1, 0.15) is 36.9 Å². The molecule has 1 aromatic carbocycles. The molecule has 0 saturated carbocycles. The van der Waals surface area contributed by atoms with E-state index in [9.17, 15) is 0 Å². The number of nitrogens with two attached hydrogens (primary N) is 1. The van der Waals surface area contributed by atoms with E-state index >= 15 is 0 Å². The fourth-order valence-corrected chi connectivity index (χ4v) is 2.14. The summed E-state index contributed by atoms with van der Waals surface area (Å²) in [5.74, 6) is 0. The van der Waals surface area contributed by atoms with Gasteiger partial charge in [-0.2, -0.15) is 0 Å². The van der Waals surface area contributed by atoms with Gasteiger partial charge in [0.25, 0.3) is 0 Å². The molecule has 0 aromatic heterocycles. The Morgan fingerprint density at radius 2 is 2.12 bits per heavy atom. The van der Waals surface area contributed by atoms with Crippen molar-refractivity contribution in [1.29, 1.82) is 0 Å². The van der Waals surface area contributed by atoms with Gasteiger partial charge in [-0.25, -0.2) is 0 Å². The van der Waals surface area contributed by atoms with Crippen molar-refractivity contribution < 1.29 is 0 Å². The van der Waals surface area contributed by atoms with Crippen molar-refractivity contribution in [2.75, 3.05) is 20.1 Å². The first-order chi connectivity index (χ1) is 8.10. The summed E-state index contributed by atoms with van der Waals surface area (Å²) in [5.41, 5.74) is 8.20. The van der Waals surface area contributed by atoms with E-state index in [-0.39, 0.29) is 6.04 Å². The van der Waals surface area contributed by atoms with Crippen LogP contribution in [0.3, 0.4) is 0 Å². The predicted octanol–water partition coefficient (Wildman–Crippen LogP) is 3.38. The Morgan fingerprint density at radius 3 is 2.65 bits per heavy atom. The highest BCUT2D eigenvalue weighted by molar-refractivity contribution is 6.31. The summed E-state index contributed by atoms with van der Waals surface area (Å²) >= 11 is 6.16. The molecule has 3 heteroatoms. The van der Waals surface area contributed by atoms with E-state index < -0.39 is 0 Å². The fourth-order valence-electron chi connectivity index (χ4n) is 1.95. The number of unbranched alkanes of at least 4 members (excludes halogenated alkanes) is 1. The minimum absolute atomic E-state index is 0.264. The highest BCUT2D eigenvalue weighted by atomic mass is 35.5. The van der Waals surface area contributed by atoms with Crippen LogP contribution in [0.5, 0.6) is 0 Å². The summed E-state index contributed by atoms with van der Waals surface area (Å²) in [6, 6.07) is 6.49. The van der Waals surface area contributed by atoms with Crippen LogP contribution in [0.15, 0.2) is 18.2 Å². The van der Waals surface area contributed by atoms with Gasteiger partial charge in [0.05, 0.1) is 0 Å². The molecule has 2 N–H and O–H groups in total. The lowest BCUT2D eigenvalue weighted by Gasteiger charge is -2.27. The van der Waals surface area contributed by atoms with E-state index in [1.807, 2.05) is 13.0 Å². The topological polar surface area (TPSA) is 29.3 Å². The third-order valence-electron chi connectivity index (χ3n) is 3.20. The second kappa shape index (κ2) is 7.00. The van der Waals surface area contributed by atoms with E-state index in [2.05, 4.69) is 31.0 Å². The van der Waals surface area contributed by atoms with E-state index in [1.165, 1.54) is 18.4 Å². The number of benzene rings is 1. The van der Waals surface area contributed by atoms with Gasteiger partial charge < -0.3 is 5.73 Å². The molecule has 0 bridgehead atoms. The third kappa shape index (κ3) is 3.98. The van der Waals surface area contributed by atoms with Gasteiger partial charge in [-0.05, 0) is 44.1 Å². The first-order valence-electron chi connectivity index (χ1n) is 6.26. The van der Waals surface area contributed by atoms with Crippen molar-refractivity contribution in [3.05, 3.63) is 34.3 Å². The van der Waals surface area contributed by atoms with Gasteiger partial charge >= 0.3 is 0 Å². The van der Waals surface area contributed by atoms with Crippen LogP contribution in [0, 0.1) is 6.92 Å². The molecular weight excluding hydrogens is 232 g/mol. The minimum Gasteiger partial charge on any atom is -0.329 e.